The molecule has 4 aromatic rings. The molecular weight excluding hydrogens is 404 g/mol. The van der Waals surface area contributed by atoms with Crippen LogP contribution in [0.5, 0.6) is 0 Å². The lowest BCUT2D eigenvalue weighted by Crippen LogP contribution is -2.23. The number of allylic oxidation sites excluding steroid dienone is 3. The summed E-state index contributed by atoms with van der Waals surface area (Å²) >= 11 is 0. The number of hydrogen-bond acceptors (Lipinski definition) is 3. The first-order chi connectivity index (χ1) is 16.2. The second-order valence-electron chi connectivity index (χ2n) is 8.47. The summed E-state index contributed by atoms with van der Waals surface area (Å²) in [6.45, 7) is 4.38. The molecule has 0 radical (unpaired) electrons. The molecule has 0 aliphatic heterocycles. The van der Waals surface area contributed by atoms with E-state index in [1.165, 1.54) is 11.3 Å². The van der Waals surface area contributed by atoms with Crippen molar-refractivity contribution < 1.29 is 0 Å². The molecular formula is C29H28N4. The standard InChI is InChI=1S/C29H28N4/c1-23-7-11-25(12-8-23)32(26-13-9-24(2)10-14-26)27-15-17-28(18-16-27)33(31-20-3-4-21-31)29-6-5-19-30-22-29/h3-9,11-22,24H,10H2,1-2H3. The topological polar surface area (TPSA) is 24.3 Å². The number of nitrogens with zero attached hydrogens (tertiary/aromatic N) is 4. The fourth-order valence-corrected chi connectivity index (χ4v) is 4.12. The van der Waals surface area contributed by atoms with E-state index < -0.39 is 0 Å². The fraction of sp³-hybridized carbons (Fsp3) is 0.138. The van der Waals surface area contributed by atoms with Crippen LogP contribution >= 0.6 is 0 Å². The molecule has 2 heterocycles. The summed E-state index contributed by atoms with van der Waals surface area (Å²) in [6.07, 6.45) is 15.7. The lowest BCUT2D eigenvalue weighted by molar-refractivity contribution is 0.728. The van der Waals surface area contributed by atoms with Gasteiger partial charge in [0.15, 0.2) is 0 Å². The van der Waals surface area contributed by atoms with E-state index in [4.69, 9.17) is 0 Å². The molecule has 1 aliphatic rings. The average Bonchev–Trinajstić information content (AvgIpc) is 3.38. The van der Waals surface area contributed by atoms with Gasteiger partial charge in [0.25, 0.3) is 0 Å². The highest BCUT2D eigenvalue weighted by Crippen LogP contribution is 2.35. The fourth-order valence-electron chi connectivity index (χ4n) is 4.12. The van der Waals surface area contributed by atoms with Gasteiger partial charge < -0.3 is 4.90 Å². The van der Waals surface area contributed by atoms with Gasteiger partial charge in [-0.05, 0) is 86.0 Å². The molecule has 4 nitrogen and oxygen atoms in total. The number of anilines is 4. The van der Waals surface area contributed by atoms with Gasteiger partial charge in [-0.25, -0.2) is 5.01 Å². The van der Waals surface area contributed by atoms with Crippen LogP contribution in [0.4, 0.5) is 22.7 Å². The number of pyridine rings is 1. The Morgan fingerprint density at radius 3 is 2.09 bits per heavy atom. The maximum Gasteiger partial charge on any atom is 0.0819 e. The summed E-state index contributed by atoms with van der Waals surface area (Å²) in [5.41, 5.74) is 6.83. The van der Waals surface area contributed by atoms with Crippen molar-refractivity contribution in [1.29, 1.82) is 0 Å². The highest BCUT2D eigenvalue weighted by molar-refractivity contribution is 5.73. The van der Waals surface area contributed by atoms with Gasteiger partial charge >= 0.3 is 0 Å². The molecule has 164 valence electrons. The zero-order valence-electron chi connectivity index (χ0n) is 19.0. The zero-order chi connectivity index (χ0) is 22.6. The molecule has 5 rings (SSSR count). The van der Waals surface area contributed by atoms with Gasteiger partial charge in [0.2, 0.25) is 0 Å². The van der Waals surface area contributed by atoms with E-state index >= 15 is 0 Å². The minimum absolute atomic E-state index is 0.575. The van der Waals surface area contributed by atoms with Crippen molar-refractivity contribution in [3.05, 3.63) is 127 Å². The Morgan fingerprint density at radius 2 is 1.48 bits per heavy atom. The number of hydrogen-bond donors (Lipinski definition) is 0. The Labute approximate surface area is 195 Å². The monoisotopic (exact) mass is 432 g/mol. The summed E-state index contributed by atoms with van der Waals surface area (Å²) in [7, 11) is 0. The molecule has 4 heteroatoms. The molecule has 2 aromatic heterocycles. The molecule has 0 bridgehead atoms. The van der Waals surface area contributed by atoms with Crippen molar-refractivity contribution in [2.45, 2.75) is 20.3 Å². The highest BCUT2D eigenvalue weighted by Gasteiger charge is 2.17. The van der Waals surface area contributed by atoms with Crippen LogP contribution in [0.25, 0.3) is 0 Å². The first-order valence-corrected chi connectivity index (χ1v) is 11.4. The van der Waals surface area contributed by atoms with Gasteiger partial charge in [-0.3, -0.25) is 9.66 Å². The SMILES string of the molecule is Cc1ccc(N(C2=CCC(C)C=C2)c2ccc(N(c3cccnc3)n3cccc3)cc2)cc1. The molecule has 0 N–H and O–H groups in total. The number of benzene rings is 2. The van der Waals surface area contributed by atoms with E-state index in [-0.39, 0.29) is 0 Å². The van der Waals surface area contributed by atoms with Crippen LogP contribution in [-0.2, 0) is 0 Å². The molecule has 33 heavy (non-hydrogen) atoms. The first-order valence-electron chi connectivity index (χ1n) is 11.4. The Morgan fingerprint density at radius 1 is 0.818 bits per heavy atom. The van der Waals surface area contributed by atoms with Crippen LogP contribution in [0.1, 0.15) is 18.9 Å². The van der Waals surface area contributed by atoms with Gasteiger partial charge in [0, 0.05) is 35.7 Å². The predicted octanol–water partition coefficient (Wildman–Crippen LogP) is 7.41. The molecule has 0 spiro atoms. The lowest BCUT2D eigenvalue weighted by Gasteiger charge is -2.30. The third-order valence-electron chi connectivity index (χ3n) is 5.91. The minimum Gasteiger partial charge on any atom is -0.311 e. The maximum absolute atomic E-state index is 4.32. The van der Waals surface area contributed by atoms with Gasteiger partial charge in [0.05, 0.1) is 17.6 Å². The molecule has 0 amide bonds. The Kier molecular flexibility index (Phi) is 5.81. The quantitative estimate of drug-likeness (QED) is 0.317. The summed E-state index contributed by atoms with van der Waals surface area (Å²) in [4.78, 5) is 6.65. The summed E-state index contributed by atoms with van der Waals surface area (Å²) in [5, 5.41) is 2.15. The number of aromatic nitrogens is 2. The number of aryl methyl sites for hydroxylation is 1. The third kappa shape index (κ3) is 4.46. The molecule has 0 saturated heterocycles. The van der Waals surface area contributed by atoms with Crippen LogP contribution in [0, 0.1) is 12.8 Å². The van der Waals surface area contributed by atoms with Crippen molar-refractivity contribution in [2.24, 2.45) is 5.92 Å². The van der Waals surface area contributed by atoms with E-state index in [0.717, 1.165) is 29.2 Å². The molecule has 0 saturated carbocycles. The van der Waals surface area contributed by atoms with Gasteiger partial charge in [-0.1, -0.05) is 36.8 Å². The van der Waals surface area contributed by atoms with E-state index in [0.29, 0.717) is 5.92 Å². The Balaban J connectivity index is 1.54. The smallest absolute Gasteiger partial charge is 0.0819 e. The van der Waals surface area contributed by atoms with Gasteiger partial charge in [-0.2, -0.15) is 0 Å². The molecule has 2 aromatic carbocycles. The van der Waals surface area contributed by atoms with Crippen molar-refractivity contribution >= 4 is 22.7 Å². The Hall–Kier alpha value is -4.05. The Bertz CT molecular complexity index is 1240. The predicted molar refractivity (Wildman–Crippen MR) is 137 cm³/mol. The normalized spacial score (nSPS) is 15.2. The minimum atomic E-state index is 0.575. The van der Waals surface area contributed by atoms with Crippen molar-refractivity contribution in [3.8, 4) is 0 Å². The summed E-state index contributed by atoms with van der Waals surface area (Å²) in [6, 6.07) is 25.5. The summed E-state index contributed by atoms with van der Waals surface area (Å²) in [5.74, 6) is 0.575. The third-order valence-corrected chi connectivity index (χ3v) is 5.91. The number of rotatable bonds is 6. The second kappa shape index (κ2) is 9.21. The lowest BCUT2D eigenvalue weighted by atomic mass is 10.0. The van der Waals surface area contributed by atoms with Crippen LogP contribution < -0.4 is 9.91 Å². The van der Waals surface area contributed by atoms with Gasteiger partial charge in [-0.15, -0.1) is 0 Å². The zero-order valence-corrected chi connectivity index (χ0v) is 19.0. The second-order valence-corrected chi connectivity index (χ2v) is 8.47. The van der Waals surface area contributed by atoms with Crippen molar-refractivity contribution in [1.82, 2.24) is 9.66 Å². The van der Waals surface area contributed by atoms with E-state index in [2.05, 4.69) is 106 Å². The van der Waals surface area contributed by atoms with Gasteiger partial charge in [0.1, 0.15) is 0 Å². The van der Waals surface area contributed by atoms with E-state index in [9.17, 15) is 0 Å². The van der Waals surface area contributed by atoms with Crippen LogP contribution in [0.15, 0.2) is 122 Å². The first kappa shape index (κ1) is 20.8. The maximum atomic E-state index is 4.32. The largest absolute Gasteiger partial charge is 0.311 e. The van der Waals surface area contributed by atoms with Crippen LogP contribution in [0.2, 0.25) is 0 Å². The molecule has 0 fully saturated rings. The molecule has 1 aliphatic carbocycles. The van der Waals surface area contributed by atoms with Crippen molar-refractivity contribution in [3.63, 3.8) is 0 Å². The molecule has 1 unspecified atom stereocenters. The average molecular weight is 433 g/mol. The van der Waals surface area contributed by atoms with Crippen molar-refractivity contribution in [2.75, 3.05) is 9.91 Å². The van der Waals surface area contributed by atoms with Crippen LogP contribution in [0.3, 0.4) is 0 Å². The molecule has 1 atom stereocenters. The highest BCUT2D eigenvalue weighted by atomic mass is 15.5. The van der Waals surface area contributed by atoms with E-state index in [1.807, 2.05) is 36.8 Å². The summed E-state index contributed by atoms with van der Waals surface area (Å²) < 4.78 is 2.07. The van der Waals surface area contributed by atoms with E-state index in [1.54, 1.807) is 6.20 Å². The van der Waals surface area contributed by atoms with Crippen LogP contribution in [-0.4, -0.2) is 9.66 Å².